The molecular formula is C13H19BrN4S. The summed E-state index contributed by atoms with van der Waals surface area (Å²) < 4.78 is 3.11. The highest BCUT2D eigenvalue weighted by atomic mass is 79.9. The lowest BCUT2D eigenvalue weighted by molar-refractivity contribution is 0.473. The van der Waals surface area contributed by atoms with E-state index in [1.807, 2.05) is 17.9 Å². The number of thiazole rings is 1. The summed E-state index contributed by atoms with van der Waals surface area (Å²) in [5.74, 6) is 0. The quantitative estimate of drug-likeness (QED) is 0.868. The second-order valence-electron chi connectivity index (χ2n) is 4.71. The number of aromatic nitrogens is 3. The average molecular weight is 343 g/mol. The molecule has 0 bridgehead atoms. The van der Waals surface area contributed by atoms with E-state index in [1.54, 1.807) is 11.3 Å². The predicted octanol–water partition coefficient (Wildman–Crippen LogP) is 3.77. The predicted molar refractivity (Wildman–Crippen MR) is 82.6 cm³/mol. The summed E-state index contributed by atoms with van der Waals surface area (Å²) >= 11 is 5.30. The van der Waals surface area contributed by atoms with E-state index >= 15 is 0 Å². The number of rotatable bonds is 6. The van der Waals surface area contributed by atoms with Crippen LogP contribution >= 0.6 is 27.3 Å². The van der Waals surface area contributed by atoms with Gasteiger partial charge in [-0.1, -0.05) is 6.92 Å². The van der Waals surface area contributed by atoms with Crippen LogP contribution < -0.4 is 5.32 Å². The first-order chi connectivity index (χ1) is 9.15. The smallest absolute Gasteiger partial charge is 0.0869 e. The topological polar surface area (TPSA) is 42.7 Å². The fourth-order valence-corrected chi connectivity index (χ4v) is 3.22. The minimum Gasteiger partial charge on any atom is -0.304 e. The van der Waals surface area contributed by atoms with Gasteiger partial charge in [0.05, 0.1) is 27.9 Å². The van der Waals surface area contributed by atoms with Crippen molar-refractivity contribution >= 4 is 27.3 Å². The van der Waals surface area contributed by atoms with Gasteiger partial charge in [0.15, 0.2) is 0 Å². The van der Waals surface area contributed by atoms with E-state index in [-0.39, 0.29) is 6.04 Å². The van der Waals surface area contributed by atoms with Crippen LogP contribution in [0.1, 0.15) is 49.8 Å². The third-order valence-corrected chi connectivity index (χ3v) is 4.34. The van der Waals surface area contributed by atoms with Gasteiger partial charge in [-0.05, 0) is 42.7 Å². The lowest BCUT2D eigenvalue weighted by Crippen LogP contribution is -2.26. The summed E-state index contributed by atoms with van der Waals surface area (Å²) in [6.45, 7) is 7.43. The Labute approximate surface area is 126 Å². The second kappa shape index (κ2) is 6.63. The van der Waals surface area contributed by atoms with Crippen molar-refractivity contribution in [3.05, 3.63) is 32.9 Å². The molecule has 1 N–H and O–H groups in total. The molecule has 0 aliphatic rings. The van der Waals surface area contributed by atoms with Crippen LogP contribution in [0.2, 0.25) is 0 Å². The van der Waals surface area contributed by atoms with Gasteiger partial charge in [0, 0.05) is 17.1 Å². The molecule has 0 spiro atoms. The minimum atomic E-state index is 0.145. The standard InChI is InChI=1S/C13H19BrN4S/c1-4-5-16-12(11-7-15-8-19-11)13-10(14)6-17-18(13)9(2)3/h6-9,12,16H,4-5H2,1-3H3. The highest BCUT2D eigenvalue weighted by molar-refractivity contribution is 9.10. The van der Waals surface area contributed by atoms with Crippen LogP contribution in [0.3, 0.4) is 0 Å². The van der Waals surface area contributed by atoms with Crippen LogP contribution in [0.15, 0.2) is 22.4 Å². The van der Waals surface area contributed by atoms with E-state index in [0.717, 1.165) is 17.4 Å². The Bertz CT molecular complexity index is 507. The number of hydrogen-bond acceptors (Lipinski definition) is 4. The molecule has 0 amide bonds. The Morgan fingerprint density at radius 2 is 2.21 bits per heavy atom. The molecular weight excluding hydrogens is 324 g/mol. The van der Waals surface area contributed by atoms with Gasteiger partial charge in [-0.3, -0.25) is 9.67 Å². The molecule has 4 nitrogen and oxygen atoms in total. The van der Waals surface area contributed by atoms with Crippen molar-refractivity contribution in [1.29, 1.82) is 0 Å². The normalized spacial score (nSPS) is 13.1. The van der Waals surface area contributed by atoms with Crippen LogP contribution in [-0.2, 0) is 0 Å². The maximum absolute atomic E-state index is 4.47. The summed E-state index contributed by atoms with van der Waals surface area (Å²) in [7, 11) is 0. The van der Waals surface area contributed by atoms with Gasteiger partial charge in [0.2, 0.25) is 0 Å². The number of halogens is 1. The van der Waals surface area contributed by atoms with Crippen molar-refractivity contribution < 1.29 is 0 Å². The molecule has 0 saturated heterocycles. The van der Waals surface area contributed by atoms with Crippen molar-refractivity contribution in [2.45, 2.75) is 39.3 Å². The third-order valence-electron chi connectivity index (χ3n) is 2.88. The van der Waals surface area contributed by atoms with Gasteiger partial charge in [-0.15, -0.1) is 11.3 Å². The van der Waals surface area contributed by atoms with Gasteiger partial charge in [-0.25, -0.2) is 0 Å². The van der Waals surface area contributed by atoms with Gasteiger partial charge in [-0.2, -0.15) is 5.10 Å². The number of nitrogens with one attached hydrogen (secondary N) is 1. The summed E-state index contributed by atoms with van der Waals surface area (Å²) in [5.41, 5.74) is 3.05. The van der Waals surface area contributed by atoms with Crippen LogP contribution in [0.25, 0.3) is 0 Å². The zero-order chi connectivity index (χ0) is 13.8. The fraction of sp³-hybridized carbons (Fsp3) is 0.538. The zero-order valence-corrected chi connectivity index (χ0v) is 13.8. The average Bonchev–Trinajstić information content (AvgIpc) is 3.01. The van der Waals surface area contributed by atoms with Gasteiger partial charge >= 0.3 is 0 Å². The molecule has 1 unspecified atom stereocenters. The number of nitrogens with zero attached hydrogens (tertiary/aromatic N) is 3. The molecule has 0 radical (unpaired) electrons. The molecule has 2 aromatic heterocycles. The summed E-state index contributed by atoms with van der Waals surface area (Å²) in [6, 6.07) is 0.479. The molecule has 2 heterocycles. The van der Waals surface area contributed by atoms with Crippen LogP contribution in [0.4, 0.5) is 0 Å². The van der Waals surface area contributed by atoms with Crippen molar-refractivity contribution in [1.82, 2.24) is 20.1 Å². The largest absolute Gasteiger partial charge is 0.304 e. The molecule has 2 aromatic rings. The first kappa shape index (κ1) is 14.7. The molecule has 104 valence electrons. The van der Waals surface area contributed by atoms with E-state index in [1.165, 1.54) is 10.6 Å². The first-order valence-corrected chi connectivity index (χ1v) is 8.17. The number of hydrogen-bond donors (Lipinski definition) is 1. The maximum atomic E-state index is 4.47. The van der Waals surface area contributed by atoms with Gasteiger partial charge in [0.1, 0.15) is 0 Å². The Morgan fingerprint density at radius 1 is 1.42 bits per heavy atom. The third kappa shape index (κ3) is 3.24. The highest BCUT2D eigenvalue weighted by Gasteiger charge is 2.23. The van der Waals surface area contributed by atoms with Gasteiger partial charge < -0.3 is 5.32 Å². The van der Waals surface area contributed by atoms with E-state index in [4.69, 9.17) is 0 Å². The van der Waals surface area contributed by atoms with Crippen LogP contribution in [-0.4, -0.2) is 21.3 Å². The molecule has 0 aliphatic carbocycles. The first-order valence-electron chi connectivity index (χ1n) is 6.49. The van der Waals surface area contributed by atoms with Crippen molar-refractivity contribution in [2.75, 3.05) is 6.54 Å². The molecule has 0 saturated carbocycles. The molecule has 19 heavy (non-hydrogen) atoms. The maximum Gasteiger partial charge on any atom is 0.0869 e. The van der Waals surface area contributed by atoms with E-state index in [9.17, 15) is 0 Å². The van der Waals surface area contributed by atoms with Crippen molar-refractivity contribution in [3.8, 4) is 0 Å². The summed E-state index contributed by atoms with van der Waals surface area (Å²) in [6.07, 6.45) is 4.90. The molecule has 6 heteroatoms. The Balaban J connectivity index is 2.40. The SMILES string of the molecule is CCCNC(c1cncs1)c1c(Br)cnn1C(C)C. The van der Waals surface area contributed by atoms with E-state index < -0.39 is 0 Å². The highest BCUT2D eigenvalue weighted by Crippen LogP contribution is 2.32. The van der Waals surface area contributed by atoms with Crippen LogP contribution in [0, 0.1) is 0 Å². The van der Waals surface area contributed by atoms with Gasteiger partial charge in [0.25, 0.3) is 0 Å². The molecule has 1 atom stereocenters. The summed E-state index contributed by atoms with van der Waals surface area (Å²) in [5, 5.41) is 8.06. The van der Waals surface area contributed by atoms with E-state index in [2.05, 4.69) is 56.8 Å². The molecule has 2 rings (SSSR count). The molecule has 0 aliphatic heterocycles. The lowest BCUT2D eigenvalue weighted by Gasteiger charge is -2.21. The zero-order valence-electron chi connectivity index (χ0n) is 11.4. The second-order valence-corrected chi connectivity index (χ2v) is 6.48. The van der Waals surface area contributed by atoms with Crippen LogP contribution in [0.5, 0.6) is 0 Å². The monoisotopic (exact) mass is 342 g/mol. The Morgan fingerprint density at radius 3 is 2.79 bits per heavy atom. The van der Waals surface area contributed by atoms with Crippen molar-refractivity contribution in [3.63, 3.8) is 0 Å². The Kier molecular flexibility index (Phi) is 5.13. The fourth-order valence-electron chi connectivity index (χ4n) is 2.02. The summed E-state index contributed by atoms with van der Waals surface area (Å²) in [4.78, 5) is 5.42. The lowest BCUT2D eigenvalue weighted by atomic mass is 10.1. The Hall–Kier alpha value is -0.720. The van der Waals surface area contributed by atoms with Crippen molar-refractivity contribution in [2.24, 2.45) is 0 Å². The minimum absolute atomic E-state index is 0.145. The molecule has 0 aromatic carbocycles. The molecule has 0 fully saturated rings. The van der Waals surface area contributed by atoms with E-state index in [0.29, 0.717) is 6.04 Å².